The molecule has 0 spiro atoms. The first kappa shape index (κ1) is 105. The molecule has 10 aromatic carbocycles. The number of phenolic OH excluding ortho intramolecular Hbond substituents is 1. The average molecular weight is 1980 g/mol. The van der Waals surface area contributed by atoms with Crippen LogP contribution in [0.5, 0.6) is 63.2 Å². The molecule has 0 aliphatic carbocycles. The van der Waals surface area contributed by atoms with E-state index in [1.54, 1.807) is 333 Å². The van der Waals surface area contributed by atoms with Crippen LogP contribution in [0, 0.1) is 15.9 Å². The molecular formula is C110H95Cl3FN11O18. The van der Waals surface area contributed by atoms with Crippen LogP contribution in [-0.4, -0.2) is 135 Å². The van der Waals surface area contributed by atoms with Crippen LogP contribution >= 0.6 is 34.8 Å². The third-order valence-electron chi connectivity index (χ3n) is 20.4. The summed E-state index contributed by atoms with van der Waals surface area (Å²) in [5.74, 6) is 6.89. The highest BCUT2D eigenvalue weighted by atomic mass is 35.5. The number of allylic oxidation sites excluding steroid dienone is 5. The number of nitro groups is 1. The van der Waals surface area contributed by atoms with E-state index in [0.717, 1.165) is 39.2 Å². The fourth-order valence-corrected chi connectivity index (χ4v) is 13.7. The molecule has 15 aromatic rings. The molecule has 0 saturated carbocycles. The number of phenols is 1. The largest absolute Gasteiger partial charge is 0.508 e. The molecule has 6 N–H and O–H groups in total. The fourth-order valence-electron chi connectivity index (χ4n) is 13.2. The number of hydrogen-bond acceptors (Lipinski definition) is 28. The predicted molar refractivity (Wildman–Crippen MR) is 558 cm³/mol. The second-order valence-corrected chi connectivity index (χ2v) is 31.0. The van der Waals surface area contributed by atoms with Crippen LogP contribution in [-0.2, 0) is 0 Å². The van der Waals surface area contributed by atoms with Crippen molar-refractivity contribution < 1.29 is 85.8 Å². The number of aromatic nitrogens is 5. The third kappa shape index (κ3) is 31.0. The molecule has 0 aliphatic rings. The SMILES string of the molecule is COc1ccc(/C=C/C(=O)c2cccnc2Nc2ccc(Cl)cc2)cc1OC.COc1ccc(/C=C/C(=O)c2cccnc2Nc2ccc(Cl)cc2Cl)cc1OC.COc1ccc(/C=C/C(=O)c2cccnc2Nc2ccc(F)cc2)cc1OC.COc1ccc(/C=C/C(=O)c2cccnc2Nc2ccc(O)cc2)cc1OC.COc1ccc(/C=C/C(=O)c2cccnc2Nc2ccc([N+](=O)[O-])cc2)cc1OC. The van der Waals surface area contributed by atoms with Gasteiger partial charge in [0, 0.05) is 75.9 Å². The lowest BCUT2D eigenvalue weighted by Crippen LogP contribution is -2.03. The summed E-state index contributed by atoms with van der Waals surface area (Å²) in [7, 11) is 15.6. The number of nitro benzene ring substituents is 1. The molecule has 0 saturated heterocycles. The van der Waals surface area contributed by atoms with Crippen LogP contribution in [0.3, 0.4) is 0 Å². The Balaban J connectivity index is 0.000000171. The van der Waals surface area contributed by atoms with Crippen LogP contribution in [0.4, 0.5) is 67.6 Å². The van der Waals surface area contributed by atoms with E-state index >= 15 is 0 Å². The number of halogens is 4. The fraction of sp³-hybridized carbons (Fsp3) is 0.0909. The molecule has 143 heavy (non-hydrogen) atoms. The van der Waals surface area contributed by atoms with Gasteiger partial charge >= 0.3 is 0 Å². The van der Waals surface area contributed by atoms with Gasteiger partial charge in [0.15, 0.2) is 86.4 Å². The summed E-state index contributed by atoms with van der Waals surface area (Å²) in [5.41, 5.74) is 9.40. The zero-order valence-corrected chi connectivity index (χ0v) is 80.9. The Labute approximate surface area is 838 Å². The first-order chi connectivity index (χ1) is 69.3. The number of carbonyl (C=O) groups excluding carboxylic acids is 5. The first-order valence-corrected chi connectivity index (χ1v) is 44.3. The maximum absolute atomic E-state index is 13.1. The van der Waals surface area contributed by atoms with Crippen LogP contribution in [0.15, 0.2) is 328 Å². The van der Waals surface area contributed by atoms with E-state index in [2.05, 4.69) is 51.5 Å². The van der Waals surface area contributed by atoms with Crippen LogP contribution < -0.4 is 74.0 Å². The molecule has 0 radical (unpaired) electrons. The molecule has 5 heterocycles. The summed E-state index contributed by atoms with van der Waals surface area (Å²) >= 11 is 18.1. The van der Waals surface area contributed by atoms with Crippen LogP contribution in [0.2, 0.25) is 15.1 Å². The minimum Gasteiger partial charge on any atom is -0.508 e. The van der Waals surface area contributed by atoms with Crippen molar-refractivity contribution in [1.29, 1.82) is 0 Å². The van der Waals surface area contributed by atoms with E-state index < -0.39 is 4.92 Å². The van der Waals surface area contributed by atoms with Crippen molar-refractivity contribution in [2.24, 2.45) is 0 Å². The molecule has 29 nitrogen and oxygen atoms in total. The maximum Gasteiger partial charge on any atom is 0.269 e. The van der Waals surface area contributed by atoms with Gasteiger partial charge in [0.2, 0.25) is 0 Å². The maximum atomic E-state index is 13.1. The number of ketones is 5. The summed E-state index contributed by atoms with van der Waals surface area (Å²) in [6, 6.07) is 74.4. The van der Waals surface area contributed by atoms with Crippen molar-refractivity contribution in [3.8, 4) is 63.2 Å². The van der Waals surface area contributed by atoms with Gasteiger partial charge in [0.05, 0.1) is 115 Å². The second-order valence-electron chi connectivity index (χ2n) is 29.7. The van der Waals surface area contributed by atoms with Crippen molar-refractivity contribution in [3.05, 3.63) is 415 Å². The predicted octanol–water partition coefficient (Wildman–Crippen LogP) is 25.4. The Hall–Kier alpha value is -18.0. The van der Waals surface area contributed by atoms with Gasteiger partial charge in [-0.25, -0.2) is 29.3 Å². The Bertz CT molecular complexity index is 6730. The van der Waals surface area contributed by atoms with E-state index in [-0.39, 0.29) is 46.2 Å². The number of nitrogens with zero attached hydrogens (tertiary/aromatic N) is 6. The Kier molecular flexibility index (Phi) is 39.6. The van der Waals surface area contributed by atoms with Crippen molar-refractivity contribution in [2.75, 3.05) is 97.7 Å². The molecule has 0 amide bonds. The molecule has 5 aromatic heterocycles. The van der Waals surface area contributed by atoms with E-state index in [1.807, 2.05) is 42.5 Å². The Morgan fingerprint density at radius 1 is 0.301 bits per heavy atom. The Morgan fingerprint density at radius 3 is 0.790 bits per heavy atom. The van der Waals surface area contributed by atoms with Gasteiger partial charge < -0.3 is 79.1 Å². The third-order valence-corrected chi connectivity index (χ3v) is 21.2. The van der Waals surface area contributed by atoms with Crippen molar-refractivity contribution >= 4 is 157 Å². The zero-order chi connectivity index (χ0) is 102. The van der Waals surface area contributed by atoms with Gasteiger partial charge in [-0.2, -0.15) is 0 Å². The lowest BCUT2D eigenvalue weighted by atomic mass is 10.1. The van der Waals surface area contributed by atoms with Gasteiger partial charge in [-0.05, 0) is 283 Å². The number of nitrogens with one attached hydrogen (secondary N) is 5. The van der Waals surface area contributed by atoms with Gasteiger partial charge in [0.25, 0.3) is 5.69 Å². The number of pyridine rings is 5. The smallest absolute Gasteiger partial charge is 0.269 e. The second kappa shape index (κ2) is 53.6. The highest BCUT2D eigenvalue weighted by Gasteiger charge is 2.20. The highest BCUT2D eigenvalue weighted by molar-refractivity contribution is 6.36. The number of rotatable bonds is 36. The number of carbonyl (C=O) groups is 5. The van der Waals surface area contributed by atoms with Crippen molar-refractivity contribution in [3.63, 3.8) is 0 Å². The molecule has 0 aliphatic heterocycles. The standard InChI is InChI=1S/C22H18Cl2N2O3.C22H19ClN2O3.C22H19FN2O3.C22H19N3O5.C22H20N2O4/c1-28-20-10-6-14(12-21(20)29-2)5-9-19(27)16-4-3-11-25-22(16)26-18-8-7-15(23)13-17(18)24;2*1-27-20-12-6-15(14-21(20)28-2)5-11-19(26)18-4-3-13-24-22(18)25-17-9-7-16(23)8-10-17;1-29-20-12-6-15(14-21(20)30-2)5-11-19(26)18-4-3-13-23-22(18)24-16-7-9-17(10-8-16)25(27)28;1-27-20-12-6-15(14-21(20)28-2)5-11-19(26)18-4-3-13-23-22(18)24-16-7-9-17(25)10-8-16/h3-13H,1-2H3,(H,25,26);2*3-14H,1-2H3,(H,24,25);3-14H,1-2H3,(H,23,24);3-14,25H,1-2H3,(H,23,24)/b9-5+;4*11-5+. The monoisotopic (exact) mass is 1980 g/mol. The Morgan fingerprint density at radius 2 is 0.538 bits per heavy atom. The van der Waals surface area contributed by atoms with Gasteiger partial charge in [-0.15, -0.1) is 0 Å². The zero-order valence-electron chi connectivity index (χ0n) is 78.6. The number of non-ortho nitro benzene ring substituents is 1. The summed E-state index contributed by atoms with van der Waals surface area (Å²) in [5, 5.41) is 37.2. The van der Waals surface area contributed by atoms with Crippen LogP contribution in [0.1, 0.15) is 79.6 Å². The van der Waals surface area contributed by atoms with E-state index in [4.69, 9.17) is 82.2 Å². The van der Waals surface area contributed by atoms with Gasteiger partial charge in [0.1, 0.15) is 40.7 Å². The molecule has 726 valence electrons. The number of hydrogen-bond donors (Lipinski definition) is 6. The summed E-state index contributed by atoms with van der Waals surface area (Å²) in [4.78, 5) is 95.2. The average Bonchev–Trinajstić information content (AvgIpc) is 0.828. The normalized spacial score (nSPS) is 10.7. The topological polar surface area (TPSA) is 366 Å². The first-order valence-electron chi connectivity index (χ1n) is 43.2. The number of ether oxygens (including phenoxy) is 10. The molecule has 0 bridgehead atoms. The van der Waals surface area contributed by atoms with E-state index in [0.29, 0.717) is 147 Å². The quantitative estimate of drug-likeness (QED) is 0.00698. The lowest BCUT2D eigenvalue weighted by molar-refractivity contribution is -0.384. The molecule has 0 unspecified atom stereocenters. The van der Waals surface area contributed by atoms with Gasteiger partial charge in [-0.1, -0.05) is 95.5 Å². The van der Waals surface area contributed by atoms with E-state index in [1.165, 1.54) is 54.6 Å². The molecule has 33 heteroatoms. The minimum absolute atomic E-state index is 0.0178. The number of aromatic hydroxyl groups is 1. The molecule has 0 fully saturated rings. The minimum atomic E-state index is -0.474. The number of benzene rings is 10. The summed E-state index contributed by atoms with van der Waals surface area (Å²) in [6.45, 7) is 0. The number of methoxy groups -OCH3 is 10. The lowest BCUT2D eigenvalue weighted by Gasteiger charge is -2.11. The van der Waals surface area contributed by atoms with Crippen molar-refractivity contribution in [2.45, 2.75) is 0 Å². The molecule has 0 atom stereocenters. The molecular weight excluding hydrogens is 1890 g/mol. The molecule has 15 rings (SSSR count). The van der Waals surface area contributed by atoms with Crippen LogP contribution in [0.25, 0.3) is 30.4 Å². The summed E-state index contributed by atoms with van der Waals surface area (Å²) in [6.07, 6.45) is 23.9. The van der Waals surface area contributed by atoms with E-state index in [9.17, 15) is 43.6 Å². The van der Waals surface area contributed by atoms with Gasteiger partial charge in [-0.3, -0.25) is 34.1 Å². The van der Waals surface area contributed by atoms with Crippen molar-refractivity contribution in [1.82, 2.24) is 24.9 Å². The summed E-state index contributed by atoms with van der Waals surface area (Å²) < 4.78 is 65.6. The highest BCUT2D eigenvalue weighted by Crippen LogP contribution is 2.37. The number of anilines is 10.